The summed E-state index contributed by atoms with van der Waals surface area (Å²) < 4.78 is 12.7. The number of hydrogen-bond acceptors (Lipinski definition) is 0. The summed E-state index contributed by atoms with van der Waals surface area (Å²) in [7, 11) is 0.342. The third-order valence-electron chi connectivity index (χ3n) is 3.48. The lowest BCUT2D eigenvalue weighted by atomic mass is 9.94. The van der Waals surface area contributed by atoms with Crippen LogP contribution in [-0.2, 0) is 6.42 Å². The maximum absolute atomic E-state index is 12.7. The second kappa shape index (κ2) is 5.45. The second-order valence-corrected chi connectivity index (χ2v) is 6.79. The van der Waals surface area contributed by atoms with E-state index in [9.17, 15) is 4.39 Å². The summed E-state index contributed by atoms with van der Waals surface area (Å²) in [6.45, 7) is 0. The first kappa shape index (κ1) is 10.9. The van der Waals surface area contributed by atoms with Crippen LogP contribution in [0.4, 0.5) is 4.39 Å². The van der Waals surface area contributed by atoms with Crippen LogP contribution in [0.15, 0.2) is 24.3 Å². The van der Waals surface area contributed by atoms with Crippen molar-refractivity contribution >= 4 is 9.52 Å². The minimum absolute atomic E-state index is 0.123. The zero-order valence-corrected chi connectivity index (χ0v) is 10.6. The van der Waals surface area contributed by atoms with Crippen molar-refractivity contribution in [2.75, 3.05) is 0 Å². The van der Waals surface area contributed by atoms with Gasteiger partial charge in [0.15, 0.2) is 0 Å². The zero-order valence-electron chi connectivity index (χ0n) is 9.21. The van der Waals surface area contributed by atoms with Gasteiger partial charge >= 0.3 is 0 Å². The van der Waals surface area contributed by atoms with Crippen LogP contribution in [-0.4, -0.2) is 9.52 Å². The smallest absolute Gasteiger partial charge is 0.123 e. The van der Waals surface area contributed by atoms with E-state index in [1.165, 1.54) is 24.8 Å². The standard InChI is InChI=1S/C13H19FSi/c14-13-5-3-11(4-6-13)1-2-12-7-9-15-10-8-12/h3-6,12H,1-2,7-10,15H2. The largest absolute Gasteiger partial charge is 0.207 e. The Morgan fingerprint density at radius 3 is 2.47 bits per heavy atom. The van der Waals surface area contributed by atoms with Crippen molar-refractivity contribution in [1.29, 1.82) is 0 Å². The first-order valence-electron chi connectivity index (χ1n) is 6.09. The molecule has 0 atom stereocenters. The lowest BCUT2D eigenvalue weighted by molar-refractivity contribution is 0.441. The number of hydrogen-bond donors (Lipinski definition) is 0. The van der Waals surface area contributed by atoms with Crippen LogP contribution < -0.4 is 0 Å². The molecule has 0 radical (unpaired) electrons. The number of aryl methyl sites for hydroxylation is 1. The molecule has 2 rings (SSSR count). The maximum atomic E-state index is 12.7. The van der Waals surface area contributed by atoms with Gasteiger partial charge in [0, 0.05) is 9.52 Å². The quantitative estimate of drug-likeness (QED) is 0.689. The van der Waals surface area contributed by atoms with Crippen LogP contribution in [0.25, 0.3) is 0 Å². The molecule has 1 aromatic carbocycles. The Kier molecular flexibility index (Phi) is 3.95. The van der Waals surface area contributed by atoms with Crippen LogP contribution in [0.1, 0.15) is 24.8 Å². The maximum Gasteiger partial charge on any atom is 0.123 e. The van der Waals surface area contributed by atoms with Gasteiger partial charge in [0.25, 0.3) is 0 Å². The molecule has 1 aromatic rings. The molecule has 0 aliphatic carbocycles. The SMILES string of the molecule is Fc1ccc(CCC2CC[SiH2]CC2)cc1. The third kappa shape index (κ3) is 3.45. The molecule has 0 unspecified atom stereocenters. The molecule has 82 valence electrons. The molecule has 2 heteroatoms. The molecule has 0 bridgehead atoms. The average Bonchev–Trinajstić information content (AvgIpc) is 2.30. The highest BCUT2D eigenvalue weighted by Gasteiger charge is 2.13. The van der Waals surface area contributed by atoms with Gasteiger partial charge in [0.05, 0.1) is 0 Å². The van der Waals surface area contributed by atoms with E-state index < -0.39 is 0 Å². The molecule has 1 fully saturated rings. The van der Waals surface area contributed by atoms with Crippen molar-refractivity contribution in [3.8, 4) is 0 Å². The van der Waals surface area contributed by atoms with Crippen molar-refractivity contribution in [2.24, 2.45) is 5.92 Å². The normalized spacial score (nSPS) is 23.1. The van der Waals surface area contributed by atoms with Gasteiger partial charge in [-0.2, -0.15) is 0 Å². The van der Waals surface area contributed by atoms with Gasteiger partial charge in [-0.05, 0) is 36.5 Å². The highest BCUT2D eigenvalue weighted by molar-refractivity contribution is 6.35. The minimum atomic E-state index is -0.123. The van der Waals surface area contributed by atoms with E-state index in [4.69, 9.17) is 0 Å². The lowest BCUT2D eigenvalue weighted by Crippen LogP contribution is -2.10. The summed E-state index contributed by atoms with van der Waals surface area (Å²) in [5.41, 5.74) is 1.29. The second-order valence-electron chi connectivity index (χ2n) is 4.67. The minimum Gasteiger partial charge on any atom is -0.207 e. The average molecular weight is 222 g/mol. The fourth-order valence-electron chi connectivity index (χ4n) is 2.50. The summed E-state index contributed by atoms with van der Waals surface area (Å²) in [6.07, 6.45) is 5.37. The lowest BCUT2D eigenvalue weighted by Gasteiger charge is -2.20. The van der Waals surface area contributed by atoms with Crippen LogP contribution in [0.2, 0.25) is 12.1 Å². The van der Waals surface area contributed by atoms with Crippen LogP contribution in [0.3, 0.4) is 0 Å². The van der Waals surface area contributed by atoms with E-state index in [0.29, 0.717) is 9.52 Å². The van der Waals surface area contributed by atoms with E-state index in [1.54, 1.807) is 24.2 Å². The van der Waals surface area contributed by atoms with Gasteiger partial charge < -0.3 is 0 Å². The first-order valence-corrected chi connectivity index (χ1v) is 8.09. The Hall–Kier alpha value is -0.633. The van der Waals surface area contributed by atoms with Gasteiger partial charge in [-0.15, -0.1) is 0 Å². The molecular weight excluding hydrogens is 203 g/mol. The van der Waals surface area contributed by atoms with Crippen LogP contribution in [0, 0.1) is 11.7 Å². The fourth-order valence-corrected chi connectivity index (χ4v) is 4.58. The van der Waals surface area contributed by atoms with Crippen molar-refractivity contribution in [3.05, 3.63) is 35.6 Å². The molecule has 0 saturated carbocycles. The van der Waals surface area contributed by atoms with Crippen molar-refractivity contribution in [1.82, 2.24) is 0 Å². The summed E-state index contributed by atoms with van der Waals surface area (Å²) in [5.74, 6) is 0.832. The first-order chi connectivity index (χ1) is 7.34. The van der Waals surface area contributed by atoms with E-state index in [2.05, 4.69) is 0 Å². The Labute approximate surface area is 93.7 Å². The van der Waals surface area contributed by atoms with E-state index in [1.807, 2.05) is 12.1 Å². The van der Waals surface area contributed by atoms with Gasteiger partial charge in [-0.3, -0.25) is 0 Å². The van der Waals surface area contributed by atoms with Crippen LogP contribution in [0.5, 0.6) is 0 Å². The van der Waals surface area contributed by atoms with E-state index >= 15 is 0 Å². The predicted molar refractivity (Wildman–Crippen MR) is 65.6 cm³/mol. The van der Waals surface area contributed by atoms with Crippen molar-refractivity contribution in [3.63, 3.8) is 0 Å². The molecule has 1 aliphatic heterocycles. The molecular formula is C13H19FSi. The van der Waals surface area contributed by atoms with Crippen molar-refractivity contribution < 1.29 is 4.39 Å². The monoisotopic (exact) mass is 222 g/mol. The third-order valence-corrected chi connectivity index (χ3v) is 5.30. The van der Waals surface area contributed by atoms with E-state index in [0.717, 1.165) is 12.3 Å². The Morgan fingerprint density at radius 1 is 1.13 bits per heavy atom. The number of benzene rings is 1. The van der Waals surface area contributed by atoms with E-state index in [-0.39, 0.29) is 5.82 Å². The molecule has 0 amide bonds. The Balaban J connectivity index is 1.79. The molecule has 0 N–H and O–H groups in total. The van der Waals surface area contributed by atoms with Gasteiger partial charge in [0.2, 0.25) is 0 Å². The molecule has 1 saturated heterocycles. The predicted octanol–water partition coefficient (Wildman–Crippen LogP) is 3.17. The van der Waals surface area contributed by atoms with Crippen molar-refractivity contribution in [2.45, 2.75) is 37.8 Å². The molecule has 1 heterocycles. The highest BCUT2D eigenvalue weighted by Crippen LogP contribution is 2.25. The topological polar surface area (TPSA) is 0 Å². The van der Waals surface area contributed by atoms with Gasteiger partial charge in [-0.25, -0.2) is 4.39 Å². The Morgan fingerprint density at radius 2 is 1.80 bits per heavy atom. The molecule has 0 aromatic heterocycles. The summed E-state index contributed by atoms with van der Waals surface area (Å²) in [5, 5.41) is 0. The summed E-state index contributed by atoms with van der Waals surface area (Å²) in [6, 6.07) is 10.1. The molecule has 0 nitrogen and oxygen atoms in total. The number of halogens is 1. The van der Waals surface area contributed by atoms with Gasteiger partial charge in [0.1, 0.15) is 5.82 Å². The summed E-state index contributed by atoms with van der Waals surface area (Å²) in [4.78, 5) is 0. The van der Waals surface area contributed by atoms with Gasteiger partial charge in [-0.1, -0.05) is 37.1 Å². The number of rotatable bonds is 3. The fraction of sp³-hybridized carbons (Fsp3) is 0.538. The Bertz CT molecular complexity index is 288. The zero-order chi connectivity index (χ0) is 10.5. The molecule has 15 heavy (non-hydrogen) atoms. The molecule has 0 spiro atoms. The molecule has 1 aliphatic rings. The van der Waals surface area contributed by atoms with Crippen LogP contribution >= 0.6 is 0 Å². The highest BCUT2D eigenvalue weighted by atomic mass is 28.2. The summed E-state index contributed by atoms with van der Waals surface area (Å²) >= 11 is 0.